The molecule has 0 spiro atoms. The second-order valence-corrected chi connectivity index (χ2v) is 7.21. The number of benzene rings is 2. The first-order valence-corrected chi connectivity index (χ1v) is 9.48. The summed E-state index contributed by atoms with van der Waals surface area (Å²) in [5.74, 6) is 0.577. The Hall–Kier alpha value is -3.21. The molecule has 0 aliphatic carbocycles. The third-order valence-electron chi connectivity index (χ3n) is 4.55. The standard InChI is InChI=1S/C23H26N4O/c1-15(2)19-12-8-9-16(3)21(19)27-23-25-17(4)13-20(26-23)22(28)24-14-18-10-6-5-7-11-18/h5-13,15H,14H2,1-4H3,(H,24,28)(H,25,26,27). The summed E-state index contributed by atoms with van der Waals surface area (Å²) < 4.78 is 0. The molecule has 1 aromatic heterocycles. The van der Waals surface area contributed by atoms with E-state index in [0.717, 1.165) is 22.5 Å². The van der Waals surface area contributed by atoms with Crippen LogP contribution in [0.1, 0.15) is 52.6 Å². The van der Waals surface area contributed by atoms with Gasteiger partial charge in [-0.15, -0.1) is 0 Å². The van der Waals surface area contributed by atoms with E-state index in [9.17, 15) is 4.79 Å². The smallest absolute Gasteiger partial charge is 0.270 e. The SMILES string of the molecule is Cc1cc(C(=O)NCc2ccccc2)nc(Nc2c(C)cccc2C(C)C)n1. The summed E-state index contributed by atoms with van der Waals surface area (Å²) >= 11 is 0. The van der Waals surface area contributed by atoms with Crippen LogP contribution in [0.2, 0.25) is 0 Å². The van der Waals surface area contributed by atoms with Crippen LogP contribution >= 0.6 is 0 Å². The highest BCUT2D eigenvalue weighted by molar-refractivity contribution is 5.92. The topological polar surface area (TPSA) is 66.9 Å². The van der Waals surface area contributed by atoms with Crippen molar-refractivity contribution in [1.82, 2.24) is 15.3 Å². The molecule has 28 heavy (non-hydrogen) atoms. The Balaban J connectivity index is 1.81. The van der Waals surface area contributed by atoms with Crippen molar-refractivity contribution < 1.29 is 4.79 Å². The maximum atomic E-state index is 12.6. The van der Waals surface area contributed by atoms with Crippen molar-refractivity contribution in [3.05, 3.63) is 82.7 Å². The Labute approximate surface area is 166 Å². The fourth-order valence-electron chi connectivity index (χ4n) is 3.06. The van der Waals surface area contributed by atoms with Gasteiger partial charge in [-0.25, -0.2) is 9.97 Å². The van der Waals surface area contributed by atoms with Crippen LogP contribution < -0.4 is 10.6 Å². The lowest BCUT2D eigenvalue weighted by Crippen LogP contribution is -2.24. The van der Waals surface area contributed by atoms with E-state index in [0.29, 0.717) is 24.1 Å². The number of nitrogens with zero attached hydrogens (tertiary/aromatic N) is 2. The Morgan fingerprint density at radius 1 is 1.00 bits per heavy atom. The molecular formula is C23H26N4O. The van der Waals surface area contributed by atoms with E-state index < -0.39 is 0 Å². The zero-order chi connectivity index (χ0) is 20.1. The Bertz CT molecular complexity index is 968. The molecule has 1 heterocycles. The number of aromatic nitrogens is 2. The lowest BCUT2D eigenvalue weighted by atomic mass is 9.98. The first-order chi connectivity index (χ1) is 13.4. The third kappa shape index (κ3) is 4.74. The average Bonchev–Trinajstić information content (AvgIpc) is 2.68. The molecule has 0 atom stereocenters. The minimum Gasteiger partial charge on any atom is -0.347 e. The van der Waals surface area contributed by atoms with Gasteiger partial charge in [0.05, 0.1) is 0 Å². The van der Waals surface area contributed by atoms with Gasteiger partial charge in [0.2, 0.25) is 5.95 Å². The van der Waals surface area contributed by atoms with Crippen molar-refractivity contribution in [2.45, 2.75) is 40.2 Å². The molecule has 0 saturated heterocycles. The minimum absolute atomic E-state index is 0.216. The van der Waals surface area contributed by atoms with Gasteiger partial charge in [-0.05, 0) is 42.5 Å². The van der Waals surface area contributed by atoms with Gasteiger partial charge < -0.3 is 10.6 Å². The van der Waals surface area contributed by atoms with Gasteiger partial charge in [0.1, 0.15) is 5.69 Å². The first kappa shape index (κ1) is 19.5. The second kappa shape index (κ2) is 8.65. The third-order valence-corrected chi connectivity index (χ3v) is 4.55. The Kier molecular flexibility index (Phi) is 6.04. The summed E-state index contributed by atoms with van der Waals surface area (Å²) in [5, 5.41) is 6.25. The number of carbonyl (C=O) groups is 1. The highest BCUT2D eigenvalue weighted by Gasteiger charge is 2.14. The number of nitrogens with one attached hydrogen (secondary N) is 2. The summed E-state index contributed by atoms with van der Waals surface area (Å²) in [6, 6.07) is 17.7. The summed E-state index contributed by atoms with van der Waals surface area (Å²) in [6.07, 6.45) is 0. The Morgan fingerprint density at radius 2 is 1.75 bits per heavy atom. The number of hydrogen-bond acceptors (Lipinski definition) is 4. The van der Waals surface area contributed by atoms with Gasteiger partial charge in [0.15, 0.2) is 0 Å². The molecule has 5 nitrogen and oxygen atoms in total. The molecule has 1 amide bonds. The minimum atomic E-state index is -0.216. The van der Waals surface area contributed by atoms with E-state index >= 15 is 0 Å². The molecule has 144 valence electrons. The van der Waals surface area contributed by atoms with E-state index in [4.69, 9.17) is 0 Å². The number of carbonyl (C=O) groups excluding carboxylic acids is 1. The lowest BCUT2D eigenvalue weighted by molar-refractivity contribution is 0.0945. The zero-order valence-corrected chi connectivity index (χ0v) is 16.8. The molecule has 0 unspecified atom stereocenters. The average molecular weight is 374 g/mol. The van der Waals surface area contributed by atoms with E-state index in [2.05, 4.69) is 59.6 Å². The fourth-order valence-corrected chi connectivity index (χ4v) is 3.06. The maximum absolute atomic E-state index is 12.6. The summed E-state index contributed by atoms with van der Waals surface area (Å²) in [4.78, 5) is 21.5. The van der Waals surface area contributed by atoms with Crippen LogP contribution in [-0.4, -0.2) is 15.9 Å². The Morgan fingerprint density at radius 3 is 2.46 bits per heavy atom. The molecular weight excluding hydrogens is 348 g/mol. The second-order valence-electron chi connectivity index (χ2n) is 7.21. The van der Waals surface area contributed by atoms with Gasteiger partial charge in [0, 0.05) is 17.9 Å². The molecule has 3 rings (SSSR count). The number of hydrogen-bond donors (Lipinski definition) is 2. The molecule has 3 aromatic rings. The van der Waals surface area contributed by atoms with Crippen molar-refractivity contribution in [2.75, 3.05) is 5.32 Å². The molecule has 2 N–H and O–H groups in total. The number of aryl methyl sites for hydroxylation is 2. The van der Waals surface area contributed by atoms with Gasteiger partial charge in [-0.3, -0.25) is 4.79 Å². The van der Waals surface area contributed by atoms with Crippen LogP contribution in [0.3, 0.4) is 0 Å². The summed E-state index contributed by atoms with van der Waals surface area (Å²) in [7, 11) is 0. The highest BCUT2D eigenvalue weighted by atomic mass is 16.1. The monoisotopic (exact) mass is 374 g/mol. The molecule has 0 aliphatic heterocycles. The van der Waals surface area contributed by atoms with Gasteiger partial charge >= 0.3 is 0 Å². The number of amides is 1. The van der Waals surface area contributed by atoms with Gasteiger partial charge in [-0.1, -0.05) is 62.4 Å². The fraction of sp³-hybridized carbons (Fsp3) is 0.261. The normalized spacial score (nSPS) is 10.8. The predicted molar refractivity (Wildman–Crippen MR) is 113 cm³/mol. The predicted octanol–water partition coefficient (Wildman–Crippen LogP) is 4.89. The number of rotatable bonds is 6. The molecule has 0 saturated carbocycles. The first-order valence-electron chi connectivity index (χ1n) is 9.48. The largest absolute Gasteiger partial charge is 0.347 e. The molecule has 2 aromatic carbocycles. The molecule has 0 fully saturated rings. The van der Waals surface area contributed by atoms with E-state index in [1.807, 2.05) is 37.3 Å². The van der Waals surface area contributed by atoms with E-state index in [1.165, 1.54) is 5.56 Å². The number of anilines is 2. The quantitative estimate of drug-likeness (QED) is 0.645. The van der Waals surface area contributed by atoms with E-state index in [-0.39, 0.29) is 5.91 Å². The van der Waals surface area contributed by atoms with Crippen molar-refractivity contribution in [3.8, 4) is 0 Å². The van der Waals surface area contributed by atoms with Gasteiger partial charge in [-0.2, -0.15) is 0 Å². The van der Waals surface area contributed by atoms with Crippen molar-refractivity contribution in [2.24, 2.45) is 0 Å². The molecule has 0 bridgehead atoms. The van der Waals surface area contributed by atoms with Crippen LogP contribution in [0.4, 0.5) is 11.6 Å². The number of para-hydroxylation sites is 1. The molecule has 5 heteroatoms. The van der Waals surface area contributed by atoms with Crippen LogP contribution in [0.25, 0.3) is 0 Å². The highest BCUT2D eigenvalue weighted by Crippen LogP contribution is 2.29. The summed E-state index contributed by atoms with van der Waals surface area (Å²) in [5.41, 5.74) is 5.44. The van der Waals surface area contributed by atoms with Crippen molar-refractivity contribution in [1.29, 1.82) is 0 Å². The van der Waals surface area contributed by atoms with E-state index in [1.54, 1.807) is 6.07 Å². The molecule has 0 aliphatic rings. The maximum Gasteiger partial charge on any atom is 0.270 e. The lowest BCUT2D eigenvalue weighted by Gasteiger charge is -2.17. The molecule has 0 radical (unpaired) electrons. The van der Waals surface area contributed by atoms with Crippen molar-refractivity contribution >= 4 is 17.5 Å². The van der Waals surface area contributed by atoms with Crippen LogP contribution in [0.15, 0.2) is 54.6 Å². The van der Waals surface area contributed by atoms with Crippen LogP contribution in [-0.2, 0) is 6.54 Å². The zero-order valence-electron chi connectivity index (χ0n) is 16.8. The van der Waals surface area contributed by atoms with Gasteiger partial charge in [0.25, 0.3) is 5.91 Å². The summed E-state index contributed by atoms with van der Waals surface area (Å²) in [6.45, 7) is 8.68. The van der Waals surface area contributed by atoms with Crippen LogP contribution in [0, 0.1) is 13.8 Å². The van der Waals surface area contributed by atoms with Crippen LogP contribution in [0.5, 0.6) is 0 Å². The van der Waals surface area contributed by atoms with Crippen molar-refractivity contribution in [3.63, 3.8) is 0 Å².